The van der Waals surface area contributed by atoms with Gasteiger partial charge in [0.05, 0.1) is 6.61 Å². The molecular formula is C11H23N3O6. The monoisotopic (exact) mass is 293 g/mol. The molecule has 0 spiro atoms. The maximum atomic E-state index is 9.12. The molecular weight excluding hydrogens is 270 g/mol. The Morgan fingerprint density at radius 2 is 1.75 bits per heavy atom. The molecule has 0 aromatic rings. The third-order valence-electron chi connectivity index (χ3n) is 2.79. The zero-order valence-corrected chi connectivity index (χ0v) is 11.4. The first-order chi connectivity index (χ1) is 9.49. The lowest BCUT2D eigenvalue weighted by molar-refractivity contribution is -0.286. The van der Waals surface area contributed by atoms with Gasteiger partial charge in [0, 0.05) is 11.5 Å². The molecule has 0 bridgehead atoms. The van der Waals surface area contributed by atoms with Crippen molar-refractivity contribution < 1.29 is 30.3 Å². The summed E-state index contributed by atoms with van der Waals surface area (Å²) in [4.78, 5) is 2.63. The second-order valence-electron chi connectivity index (χ2n) is 4.38. The average Bonchev–Trinajstić information content (AvgIpc) is 2.46. The first-order valence-corrected chi connectivity index (χ1v) is 6.49. The van der Waals surface area contributed by atoms with Crippen LogP contribution >= 0.6 is 0 Å². The molecule has 1 heterocycles. The third-order valence-corrected chi connectivity index (χ3v) is 2.79. The van der Waals surface area contributed by atoms with E-state index in [9.17, 15) is 0 Å². The van der Waals surface area contributed by atoms with E-state index in [1.54, 1.807) is 0 Å². The highest BCUT2D eigenvalue weighted by Crippen LogP contribution is 2.18. The largest absolute Gasteiger partial charge is 0.394 e. The van der Waals surface area contributed by atoms with Crippen LogP contribution in [0.5, 0.6) is 0 Å². The maximum absolute atomic E-state index is 9.12. The molecule has 0 radical (unpaired) electrons. The van der Waals surface area contributed by atoms with Gasteiger partial charge < -0.3 is 30.3 Å². The fraction of sp³-hybridized carbons (Fsp3) is 1.00. The fourth-order valence-electron chi connectivity index (χ4n) is 1.56. The normalized spacial score (nSPS) is 32.8. The Morgan fingerprint density at radius 3 is 2.25 bits per heavy atom. The van der Waals surface area contributed by atoms with Crippen LogP contribution in [0.25, 0.3) is 10.4 Å². The summed E-state index contributed by atoms with van der Waals surface area (Å²) < 4.78 is 4.58. The molecule has 1 unspecified atom stereocenters. The summed E-state index contributed by atoms with van der Waals surface area (Å²) in [5.74, 6) is 0. The van der Waals surface area contributed by atoms with Crippen molar-refractivity contribution in [1.29, 1.82) is 0 Å². The van der Waals surface area contributed by atoms with Crippen molar-refractivity contribution >= 4 is 0 Å². The van der Waals surface area contributed by atoms with Crippen LogP contribution in [0.15, 0.2) is 5.11 Å². The van der Waals surface area contributed by atoms with Crippen molar-refractivity contribution in [3.8, 4) is 0 Å². The van der Waals surface area contributed by atoms with Crippen LogP contribution in [0.1, 0.15) is 26.2 Å². The van der Waals surface area contributed by atoms with E-state index in [4.69, 9.17) is 31.1 Å². The highest BCUT2D eigenvalue weighted by Gasteiger charge is 2.42. The molecule has 118 valence electrons. The maximum Gasteiger partial charge on any atom is 0.184 e. The van der Waals surface area contributed by atoms with Crippen LogP contribution in [0.2, 0.25) is 0 Å². The Bertz CT molecular complexity index is 295. The van der Waals surface area contributed by atoms with Crippen molar-refractivity contribution in [2.24, 2.45) is 5.11 Å². The van der Waals surface area contributed by atoms with Crippen LogP contribution < -0.4 is 0 Å². The third kappa shape index (κ3) is 6.49. The molecule has 1 aliphatic heterocycles. The predicted octanol–water partition coefficient (Wildman–Crippen LogP) is -0.735. The van der Waals surface area contributed by atoms with Gasteiger partial charge in [0.15, 0.2) is 6.29 Å². The van der Waals surface area contributed by atoms with Gasteiger partial charge in [-0.05, 0) is 12.0 Å². The Labute approximate surface area is 117 Å². The number of azide groups is 1. The van der Waals surface area contributed by atoms with Crippen LogP contribution in [0, 0.1) is 0 Å². The molecule has 0 amide bonds. The molecule has 9 heteroatoms. The summed E-state index contributed by atoms with van der Waals surface area (Å²) in [5.41, 5.74) is 7.82. The minimum Gasteiger partial charge on any atom is -0.394 e. The summed E-state index contributed by atoms with van der Waals surface area (Å²) in [6.07, 6.45) is -3.67. The quantitative estimate of drug-likeness (QED) is 0.194. The number of aliphatic hydroxyl groups excluding tert-OH is 5. The van der Waals surface area contributed by atoms with Crippen LogP contribution in [-0.2, 0) is 4.74 Å². The number of ether oxygens (including phenoxy) is 1. The van der Waals surface area contributed by atoms with E-state index in [1.165, 1.54) is 12.8 Å². The summed E-state index contributed by atoms with van der Waals surface area (Å²) >= 11 is 0. The highest BCUT2D eigenvalue weighted by atomic mass is 16.6. The van der Waals surface area contributed by atoms with Gasteiger partial charge in [-0.3, -0.25) is 0 Å². The second kappa shape index (κ2) is 10.8. The molecule has 20 heavy (non-hydrogen) atoms. The van der Waals surface area contributed by atoms with Gasteiger partial charge in [0.1, 0.15) is 24.4 Å². The van der Waals surface area contributed by atoms with Gasteiger partial charge in [-0.1, -0.05) is 24.9 Å². The van der Waals surface area contributed by atoms with E-state index in [0.717, 1.165) is 6.42 Å². The van der Waals surface area contributed by atoms with Crippen LogP contribution in [0.3, 0.4) is 0 Å². The van der Waals surface area contributed by atoms with Gasteiger partial charge in [0.2, 0.25) is 0 Å². The molecule has 0 aromatic heterocycles. The Morgan fingerprint density at radius 1 is 1.10 bits per heavy atom. The van der Waals surface area contributed by atoms with E-state index in [2.05, 4.69) is 21.7 Å². The highest BCUT2D eigenvalue weighted by molar-refractivity contribution is 4.87. The first kappa shape index (κ1) is 19.1. The van der Waals surface area contributed by atoms with E-state index in [0.29, 0.717) is 6.54 Å². The zero-order valence-electron chi connectivity index (χ0n) is 11.4. The predicted molar refractivity (Wildman–Crippen MR) is 69.5 cm³/mol. The van der Waals surface area contributed by atoms with Crippen LogP contribution in [-0.4, -0.2) is 69.4 Å². The molecule has 5 N–H and O–H groups in total. The van der Waals surface area contributed by atoms with Crippen molar-refractivity contribution in [1.82, 2.24) is 0 Å². The van der Waals surface area contributed by atoms with Gasteiger partial charge in [-0.25, -0.2) is 0 Å². The number of hydrogen-bond donors (Lipinski definition) is 5. The van der Waals surface area contributed by atoms with Gasteiger partial charge in [-0.15, -0.1) is 0 Å². The number of hydrogen-bond acceptors (Lipinski definition) is 7. The smallest absolute Gasteiger partial charge is 0.184 e. The van der Waals surface area contributed by atoms with Gasteiger partial charge in [0.25, 0.3) is 0 Å². The Balaban J connectivity index is 0.000000396. The Kier molecular flexibility index (Phi) is 10.3. The molecule has 1 aliphatic rings. The summed E-state index contributed by atoms with van der Waals surface area (Å²) in [7, 11) is 0. The summed E-state index contributed by atoms with van der Waals surface area (Å²) in [6, 6.07) is 0. The van der Waals surface area contributed by atoms with Gasteiger partial charge in [-0.2, -0.15) is 0 Å². The first-order valence-electron chi connectivity index (χ1n) is 6.49. The van der Waals surface area contributed by atoms with E-state index >= 15 is 0 Å². The minimum absolute atomic E-state index is 0.526. The summed E-state index contributed by atoms with van der Waals surface area (Å²) in [6.45, 7) is 2.25. The molecule has 5 atom stereocenters. The van der Waals surface area contributed by atoms with E-state index < -0.39 is 37.3 Å². The molecule has 1 fully saturated rings. The zero-order chi connectivity index (χ0) is 15.5. The van der Waals surface area contributed by atoms with Crippen molar-refractivity contribution in [3.05, 3.63) is 10.4 Å². The van der Waals surface area contributed by atoms with Gasteiger partial charge >= 0.3 is 0 Å². The van der Waals surface area contributed by atoms with Crippen molar-refractivity contribution in [2.45, 2.75) is 56.9 Å². The van der Waals surface area contributed by atoms with E-state index in [-0.39, 0.29) is 0 Å². The number of aliphatic hydroxyl groups is 5. The average molecular weight is 293 g/mol. The lowest BCUT2D eigenvalue weighted by Gasteiger charge is -2.37. The second-order valence-corrected chi connectivity index (χ2v) is 4.38. The molecule has 1 saturated heterocycles. The fourth-order valence-corrected chi connectivity index (χ4v) is 1.56. The van der Waals surface area contributed by atoms with E-state index in [1.807, 2.05) is 0 Å². The molecule has 0 aliphatic carbocycles. The lowest BCUT2D eigenvalue weighted by Crippen LogP contribution is -2.58. The SMILES string of the molecule is CCCCCN=[N+]=[N-].OC[C@H]1OC(O)[C@@H](O)[C@@H](O)[C@@H]1O. The topological polar surface area (TPSA) is 159 Å². The minimum atomic E-state index is -1.57. The van der Waals surface area contributed by atoms with Crippen molar-refractivity contribution in [3.63, 3.8) is 0 Å². The number of nitrogens with zero attached hydrogens (tertiary/aromatic N) is 3. The molecule has 1 rings (SSSR count). The molecule has 0 aromatic carbocycles. The van der Waals surface area contributed by atoms with Crippen LogP contribution in [0.4, 0.5) is 0 Å². The number of unbranched alkanes of at least 4 members (excludes halogenated alkanes) is 2. The summed E-state index contributed by atoms with van der Waals surface area (Å²) in [5, 5.41) is 48.0. The lowest BCUT2D eigenvalue weighted by atomic mass is 10.00. The molecule has 9 nitrogen and oxygen atoms in total. The van der Waals surface area contributed by atoms with Crippen molar-refractivity contribution in [2.75, 3.05) is 13.2 Å². The standard InChI is InChI=1S/C6H12O6.C5H11N3/c7-1-2-3(8)4(9)5(10)6(11)12-2;1-2-3-4-5-7-8-6/h2-11H,1H2;2-5H2,1H3/t2-,3-,4+,5+,6?;/m1./s1. The number of rotatable bonds is 5. The molecule has 0 saturated carbocycles. The Hall–Kier alpha value is -0.930.